The third-order valence-corrected chi connectivity index (χ3v) is 3.93. The van der Waals surface area contributed by atoms with E-state index in [1.54, 1.807) is 0 Å². The van der Waals surface area contributed by atoms with Gasteiger partial charge in [0.25, 0.3) is 0 Å². The van der Waals surface area contributed by atoms with Crippen LogP contribution >= 0.6 is 11.8 Å². The minimum atomic E-state index is 0.167. The van der Waals surface area contributed by atoms with E-state index in [-0.39, 0.29) is 6.04 Å². The number of hydrogen-bond donors (Lipinski definition) is 1. The van der Waals surface area contributed by atoms with E-state index >= 15 is 0 Å². The third kappa shape index (κ3) is 2.98. The number of hydrogen-bond acceptors (Lipinski definition) is 5. The number of nitrogens with one attached hydrogen (secondary N) is 1. The van der Waals surface area contributed by atoms with Gasteiger partial charge >= 0.3 is 0 Å². The number of thioether (sulfide) groups is 1. The maximum absolute atomic E-state index is 5.23. The van der Waals surface area contributed by atoms with E-state index in [4.69, 9.17) is 4.52 Å². The van der Waals surface area contributed by atoms with Gasteiger partial charge in [0, 0.05) is 12.5 Å². The zero-order chi connectivity index (χ0) is 11.4. The summed E-state index contributed by atoms with van der Waals surface area (Å²) in [6, 6.07) is 0.772. The van der Waals surface area contributed by atoms with Crippen LogP contribution in [0.2, 0.25) is 0 Å². The highest BCUT2D eigenvalue weighted by atomic mass is 32.2. The summed E-state index contributed by atoms with van der Waals surface area (Å²) < 4.78 is 5.23. The zero-order valence-electron chi connectivity index (χ0n) is 9.90. The van der Waals surface area contributed by atoms with Crippen LogP contribution in [0.5, 0.6) is 0 Å². The molecule has 1 aliphatic rings. The molecule has 1 aliphatic heterocycles. The second kappa shape index (κ2) is 5.68. The molecule has 1 atom stereocenters. The summed E-state index contributed by atoms with van der Waals surface area (Å²) in [5.74, 6) is 4.03. The summed E-state index contributed by atoms with van der Waals surface area (Å²) in [5, 5.41) is 7.48. The normalized spacial score (nSPS) is 19.9. The lowest BCUT2D eigenvalue weighted by Gasteiger charge is -2.24. The lowest BCUT2D eigenvalue weighted by atomic mass is 10.1. The van der Waals surface area contributed by atoms with Crippen molar-refractivity contribution in [2.75, 3.05) is 11.5 Å². The maximum atomic E-state index is 5.23. The van der Waals surface area contributed by atoms with E-state index < -0.39 is 0 Å². The first kappa shape index (κ1) is 11.9. The number of rotatable bonds is 4. The Morgan fingerprint density at radius 3 is 2.88 bits per heavy atom. The second-order valence-corrected chi connectivity index (χ2v) is 5.40. The molecule has 0 saturated carbocycles. The Hall–Kier alpha value is -0.550. The van der Waals surface area contributed by atoms with Gasteiger partial charge in [-0.15, -0.1) is 0 Å². The molecule has 1 aromatic heterocycles. The number of nitrogens with zero attached hydrogens (tertiary/aromatic N) is 2. The van der Waals surface area contributed by atoms with Crippen LogP contribution < -0.4 is 5.32 Å². The molecule has 0 radical (unpaired) electrons. The number of aromatic nitrogens is 2. The smallest absolute Gasteiger partial charge is 0.243 e. The molecular formula is C11H19N3OS. The molecule has 0 aliphatic carbocycles. The van der Waals surface area contributed by atoms with E-state index in [0.29, 0.717) is 6.04 Å². The number of aryl methyl sites for hydroxylation is 1. The van der Waals surface area contributed by atoms with Crippen molar-refractivity contribution in [3.63, 3.8) is 0 Å². The standard InChI is InChI=1S/C11H19N3OS/c1-3-10-13-11(15-14-10)8(2)12-9-4-6-16-7-5-9/h8-9,12H,3-7H2,1-2H3/t8-/m1/s1. The fraction of sp³-hybridized carbons (Fsp3) is 0.818. The molecule has 1 N–H and O–H groups in total. The quantitative estimate of drug-likeness (QED) is 0.875. The van der Waals surface area contributed by atoms with Crippen molar-refractivity contribution in [1.82, 2.24) is 15.5 Å². The summed E-state index contributed by atoms with van der Waals surface area (Å²) in [6.07, 6.45) is 3.31. The van der Waals surface area contributed by atoms with Crippen LogP contribution in [0.25, 0.3) is 0 Å². The molecule has 0 spiro atoms. The molecule has 0 unspecified atom stereocenters. The highest BCUT2D eigenvalue weighted by molar-refractivity contribution is 7.99. The molecular weight excluding hydrogens is 222 g/mol. The first-order chi connectivity index (χ1) is 7.79. The summed E-state index contributed by atoms with van der Waals surface area (Å²) in [7, 11) is 0. The summed E-state index contributed by atoms with van der Waals surface area (Å²) >= 11 is 2.04. The topological polar surface area (TPSA) is 51.0 Å². The van der Waals surface area contributed by atoms with Crippen LogP contribution in [0, 0.1) is 0 Å². The SMILES string of the molecule is CCc1noc([C@@H](C)NC2CCSCC2)n1. The van der Waals surface area contributed by atoms with Gasteiger partial charge in [0.15, 0.2) is 5.82 Å². The van der Waals surface area contributed by atoms with E-state index in [0.717, 1.165) is 18.1 Å². The predicted octanol–water partition coefficient (Wildman–Crippen LogP) is 2.18. The lowest BCUT2D eigenvalue weighted by molar-refractivity contribution is 0.315. The Labute approximate surface area is 101 Å². The van der Waals surface area contributed by atoms with Crippen LogP contribution in [0.15, 0.2) is 4.52 Å². The first-order valence-electron chi connectivity index (χ1n) is 5.96. The van der Waals surface area contributed by atoms with Crippen molar-refractivity contribution in [3.8, 4) is 0 Å². The predicted molar refractivity (Wildman–Crippen MR) is 65.6 cm³/mol. The average molecular weight is 241 g/mol. The van der Waals surface area contributed by atoms with Crippen LogP contribution in [-0.2, 0) is 6.42 Å². The molecule has 16 heavy (non-hydrogen) atoms. The molecule has 5 heteroatoms. The molecule has 1 saturated heterocycles. The van der Waals surface area contributed by atoms with Gasteiger partial charge < -0.3 is 9.84 Å². The Morgan fingerprint density at radius 2 is 2.25 bits per heavy atom. The molecule has 0 aromatic carbocycles. The molecule has 4 nitrogen and oxygen atoms in total. The Morgan fingerprint density at radius 1 is 1.50 bits per heavy atom. The molecule has 1 aromatic rings. The highest BCUT2D eigenvalue weighted by Gasteiger charge is 2.19. The van der Waals surface area contributed by atoms with E-state index in [1.807, 2.05) is 18.7 Å². The van der Waals surface area contributed by atoms with Gasteiger partial charge in [-0.05, 0) is 31.3 Å². The van der Waals surface area contributed by atoms with Gasteiger partial charge in [0.1, 0.15) is 0 Å². The molecule has 90 valence electrons. The van der Waals surface area contributed by atoms with E-state index in [9.17, 15) is 0 Å². The fourth-order valence-corrected chi connectivity index (χ4v) is 2.98. The lowest BCUT2D eigenvalue weighted by Crippen LogP contribution is -2.34. The van der Waals surface area contributed by atoms with E-state index in [2.05, 4.69) is 22.4 Å². The summed E-state index contributed by atoms with van der Waals surface area (Å²) in [6.45, 7) is 4.12. The fourth-order valence-electron chi connectivity index (χ4n) is 1.88. The molecule has 2 heterocycles. The Balaban J connectivity index is 1.88. The van der Waals surface area contributed by atoms with Crippen molar-refractivity contribution in [2.45, 2.75) is 45.2 Å². The van der Waals surface area contributed by atoms with Crippen molar-refractivity contribution in [2.24, 2.45) is 0 Å². The summed E-state index contributed by atoms with van der Waals surface area (Å²) in [4.78, 5) is 4.35. The van der Waals surface area contributed by atoms with Gasteiger partial charge in [0.05, 0.1) is 6.04 Å². The second-order valence-electron chi connectivity index (χ2n) is 4.18. The summed E-state index contributed by atoms with van der Waals surface area (Å²) in [5.41, 5.74) is 0. The minimum absolute atomic E-state index is 0.167. The van der Waals surface area contributed by atoms with Crippen LogP contribution in [0.3, 0.4) is 0 Å². The maximum Gasteiger partial charge on any atom is 0.243 e. The van der Waals surface area contributed by atoms with Gasteiger partial charge in [-0.2, -0.15) is 16.7 Å². The van der Waals surface area contributed by atoms with Gasteiger partial charge in [-0.1, -0.05) is 12.1 Å². The van der Waals surface area contributed by atoms with Crippen LogP contribution in [0.4, 0.5) is 0 Å². The largest absolute Gasteiger partial charge is 0.338 e. The van der Waals surface area contributed by atoms with Crippen molar-refractivity contribution in [3.05, 3.63) is 11.7 Å². The minimum Gasteiger partial charge on any atom is -0.338 e. The van der Waals surface area contributed by atoms with Crippen molar-refractivity contribution < 1.29 is 4.52 Å². The Kier molecular flexibility index (Phi) is 4.23. The average Bonchev–Trinajstić information content (AvgIpc) is 2.79. The van der Waals surface area contributed by atoms with Gasteiger partial charge in [-0.3, -0.25) is 0 Å². The third-order valence-electron chi connectivity index (χ3n) is 2.88. The highest BCUT2D eigenvalue weighted by Crippen LogP contribution is 2.20. The van der Waals surface area contributed by atoms with E-state index in [1.165, 1.54) is 24.3 Å². The van der Waals surface area contributed by atoms with Crippen molar-refractivity contribution in [1.29, 1.82) is 0 Å². The molecule has 0 bridgehead atoms. The van der Waals surface area contributed by atoms with Gasteiger partial charge in [0.2, 0.25) is 5.89 Å². The first-order valence-corrected chi connectivity index (χ1v) is 7.11. The molecule has 2 rings (SSSR count). The molecule has 0 amide bonds. The van der Waals surface area contributed by atoms with Crippen LogP contribution in [0.1, 0.15) is 44.4 Å². The van der Waals surface area contributed by atoms with Crippen LogP contribution in [-0.4, -0.2) is 27.7 Å². The Bertz CT molecular complexity index is 323. The molecule has 1 fully saturated rings. The van der Waals surface area contributed by atoms with Gasteiger partial charge in [-0.25, -0.2) is 0 Å². The van der Waals surface area contributed by atoms with Crippen molar-refractivity contribution >= 4 is 11.8 Å². The monoisotopic (exact) mass is 241 g/mol. The zero-order valence-corrected chi connectivity index (χ0v) is 10.7.